The molecule has 2 amide bonds. The van der Waals surface area contributed by atoms with Crippen LogP contribution >= 0.6 is 23.2 Å². The highest BCUT2D eigenvalue weighted by molar-refractivity contribution is 6.43. The highest BCUT2D eigenvalue weighted by atomic mass is 35.5. The zero-order valence-electron chi connectivity index (χ0n) is 17.7. The Balaban J connectivity index is 1.80. The van der Waals surface area contributed by atoms with Gasteiger partial charge in [0.25, 0.3) is 11.8 Å². The number of halogens is 2. The van der Waals surface area contributed by atoms with Crippen LogP contribution in [0.1, 0.15) is 51.3 Å². The molecule has 1 aliphatic rings. The molecule has 0 fully saturated rings. The summed E-state index contributed by atoms with van der Waals surface area (Å²) in [5, 5.41) is 0.251. The smallest absolute Gasteiger partial charge is 0.329 e. The number of benzene rings is 2. The molecule has 0 spiro atoms. The zero-order chi connectivity index (χ0) is 23.6. The van der Waals surface area contributed by atoms with E-state index in [1.807, 2.05) is 13.8 Å². The minimum atomic E-state index is -1.20. The van der Waals surface area contributed by atoms with Gasteiger partial charge in [-0.15, -0.1) is 0 Å². The van der Waals surface area contributed by atoms with Crippen LogP contribution in [0.5, 0.6) is 5.75 Å². The Morgan fingerprint density at radius 2 is 1.59 bits per heavy atom. The monoisotopic (exact) mass is 477 g/mol. The molecule has 0 saturated heterocycles. The van der Waals surface area contributed by atoms with E-state index in [0.29, 0.717) is 11.3 Å². The normalized spacial score (nSPS) is 13.9. The minimum absolute atomic E-state index is 0.0434. The fourth-order valence-electron chi connectivity index (χ4n) is 3.40. The lowest BCUT2D eigenvalue weighted by atomic mass is 10.0. The lowest BCUT2D eigenvalue weighted by Crippen LogP contribution is -2.46. The first-order valence-corrected chi connectivity index (χ1v) is 10.6. The Morgan fingerprint density at radius 3 is 2.12 bits per heavy atom. The molecule has 0 aliphatic carbocycles. The third-order valence-electron chi connectivity index (χ3n) is 4.97. The number of amides is 2. The molecule has 0 saturated carbocycles. The molecule has 0 bridgehead atoms. The molecule has 3 rings (SSSR count). The van der Waals surface area contributed by atoms with E-state index < -0.39 is 36.2 Å². The van der Waals surface area contributed by atoms with Crippen molar-refractivity contribution in [1.82, 2.24) is 4.90 Å². The van der Waals surface area contributed by atoms with Crippen molar-refractivity contribution in [2.45, 2.75) is 26.3 Å². The number of carbonyl (C=O) groups excluding carboxylic acids is 4. The molecule has 0 radical (unpaired) electrons. The molecule has 32 heavy (non-hydrogen) atoms. The largest absolute Gasteiger partial charge is 0.497 e. The van der Waals surface area contributed by atoms with Crippen LogP contribution in [0.3, 0.4) is 0 Å². The Hall–Kier alpha value is -2.90. The highest BCUT2D eigenvalue weighted by Crippen LogP contribution is 2.33. The molecule has 1 aliphatic heterocycles. The Bertz CT molecular complexity index is 1060. The number of rotatable bonds is 8. The van der Waals surface area contributed by atoms with E-state index in [9.17, 15) is 19.2 Å². The molecular formula is C23H21Cl2NO6. The quantitative estimate of drug-likeness (QED) is 0.317. The van der Waals surface area contributed by atoms with Gasteiger partial charge in [-0.1, -0.05) is 49.2 Å². The number of fused-ring (bicyclic) bond motifs is 1. The average molecular weight is 478 g/mol. The number of nitrogens with zero attached hydrogens (tertiary/aromatic N) is 1. The van der Waals surface area contributed by atoms with Crippen molar-refractivity contribution >= 4 is 46.8 Å². The van der Waals surface area contributed by atoms with Gasteiger partial charge in [0, 0.05) is 5.56 Å². The summed E-state index contributed by atoms with van der Waals surface area (Å²) in [5.41, 5.74) is 0.444. The number of imide groups is 1. The molecule has 0 unspecified atom stereocenters. The molecule has 1 atom stereocenters. The van der Waals surface area contributed by atoms with Gasteiger partial charge in [0.2, 0.25) is 0 Å². The van der Waals surface area contributed by atoms with Crippen molar-refractivity contribution in [2.75, 3.05) is 13.7 Å². The summed E-state index contributed by atoms with van der Waals surface area (Å²) < 4.78 is 10.3. The van der Waals surface area contributed by atoms with E-state index in [-0.39, 0.29) is 33.5 Å². The van der Waals surface area contributed by atoms with Gasteiger partial charge >= 0.3 is 5.97 Å². The predicted octanol–water partition coefficient (Wildman–Crippen LogP) is 4.44. The summed E-state index contributed by atoms with van der Waals surface area (Å²) in [6.45, 7) is 3.14. The van der Waals surface area contributed by atoms with Crippen LogP contribution in [-0.4, -0.2) is 48.2 Å². The van der Waals surface area contributed by atoms with Crippen LogP contribution in [0.2, 0.25) is 10.0 Å². The molecule has 9 heteroatoms. The summed E-state index contributed by atoms with van der Waals surface area (Å²) in [6, 6.07) is 7.85. The van der Waals surface area contributed by atoms with E-state index in [2.05, 4.69) is 0 Å². The number of esters is 1. The summed E-state index contributed by atoms with van der Waals surface area (Å²) >= 11 is 12.0. The molecule has 2 aromatic carbocycles. The van der Waals surface area contributed by atoms with E-state index in [1.54, 1.807) is 18.2 Å². The number of ketones is 1. The van der Waals surface area contributed by atoms with E-state index in [1.165, 1.54) is 25.3 Å². The van der Waals surface area contributed by atoms with Crippen molar-refractivity contribution in [1.29, 1.82) is 0 Å². The van der Waals surface area contributed by atoms with Gasteiger partial charge in [0.15, 0.2) is 12.4 Å². The first kappa shape index (κ1) is 23.8. The predicted molar refractivity (Wildman–Crippen MR) is 118 cm³/mol. The summed E-state index contributed by atoms with van der Waals surface area (Å²) in [5.74, 6) is -2.17. The maximum absolute atomic E-state index is 12.9. The van der Waals surface area contributed by atoms with Crippen molar-refractivity contribution < 1.29 is 28.7 Å². The van der Waals surface area contributed by atoms with Gasteiger partial charge in [-0.2, -0.15) is 0 Å². The van der Waals surface area contributed by atoms with Crippen molar-refractivity contribution in [3.63, 3.8) is 0 Å². The minimum Gasteiger partial charge on any atom is -0.497 e. The third-order valence-corrected chi connectivity index (χ3v) is 5.70. The highest BCUT2D eigenvalue weighted by Gasteiger charge is 2.44. The maximum atomic E-state index is 12.9. The number of methoxy groups -OCH3 is 1. The lowest BCUT2D eigenvalue weighted by Gasteiger charge is -2.25. The standard InChI is InChI=1S/C23H21Cl2NO6/c1-12(2)7-19(23(30)32-11-20(27)13-5-4-6-14(8-13)31-3)26-21(28)15-9-17(24)18(25)10-16(15)22(26)29/h4-6,8-10,12,19H,7,11H2,1-3H3/t19-/m0/s1. The van der Waals surface area contributed by atoms with Crippen LogP contribution in [-0.2, 0) is 9.53 Å². The fraction of sp³-hybridized carbons (Fsp3) is 0.304. The molecule has 1 heterocycles. The van der Waals surface area contributed by atoms with Crippen LogP contribution in [0.25, 0.3) is 0 Å². The van der Waals surface area contributed by atoms with Gasteiger partial charge in [-0.25, -0.2) is 4.79 Å². The first-order chi connectivity index (χ1) is 15.1. The second kappa shape index (κ2) is 9.71. The van der Waals surface area contributed by atoms with Crippen molar-refractivity contribution in [3.8, 4) is 5.75 Å². The maximum Gasteiger partial charge on any atom is 0.329 e. The summed E-state index contributed by atoms with van der Waals surface area (Å²) in [4.78, 5) is 52.1. The van der Waals surface area contributed by atoms with Crippen LogP contribution in [0.15, 0.2) is 36.4 Å². The number of hydrogen-bond donors (Lipinski definition) is 0. The number of Topliss-reactive ketones (excluding diaryl/α,β-unsaturated/α-hetero) is 1. The van der Waals surface area contributed by atoms with Gasteiger partial charge in [0.05, 0.1) is 28.3 Å². The first-order valence-electron chi connectivity index (χ1n) is 9.84. The van der Waals surface area contributed by atoms with Gasteiger partial charge in [-0.3, -0.25) is 19.3 Å². The molecule has 0 aromatic heterocycles. The summed E-state index contributed by atoms with van der Waals surface area (Å²) in [7, 11) is 1.47. The molecule has 7 nitrogen and oxygen atoms in total. The molecule has 0 N–H and O–H groups in total. The Kier molecular flexibility index (Phi) is 7.21. The van der Waals surface area contributed by atoms with Crippen molar-refractivity contribution in [3.05, 3.63) is 63.1 Å². The zero-order valence-corrected chi connectivity index (χ0v) is 19.2. The number of ether oxygens (including phenoxy) is 2. The lowest BCUT2D eigenvalue weighted by molar-refractivity contribution is -0.147. The van der Waals surface area contributed by atoms with Crippen LogP contribution in [0, 0.1) is 5.92 Å². The number of hydrogen-bond acceptors (Lipinski definition) is 6. The molecule has 168 valence electrons. The van der Waals surface area contributed by atoms with E-state index >= 15 is 0 Å². The van der Waals surface area contributed by atoms with E-state index in [0.717, 1.165) is 4.90 Å². The van der Waals surface area contributed by atoms with Crippen LogP contribution in [0.4, 0.5) is 0 Å². The third kappa shape index (κ3) is 4.79. The SMILES string of the molecule is COc1cccc(C(=O)COC(=O)[C@H](CC(C)C)N2C(=O)c3cc(Cl)c(Cl)cc3C2=O)c1. The summed E-state index contributed by atoms with van der Waals surface area (Å²) in [6.07, 6.45) is 0.166. The molecule has 2 aromatic rings. The second-order valence-corrected chi connectivity index (χ2v) is 8.51. The van der Waals surface area contributed by atoms with Crippen LogP contribution < -0.4 is 4.74 Å². The molecular weight excluding hydrogens is 457 g/mol. The van der Waals surface area contributed by atoms with Gasteiger partial charge in [-0.05, 0) is 36.6 Å². The van der Waals surface area contributed by atoms with Gasteiger partial charge in [0.1, 0.15) is 11.8 Å². The fourth-order valence-corrected chi connectivity index (χ4v) is 3.73. The van der Waals surface area contributed by atoms with E-state index in [4.69, 9.17) is 32.7 Å². The van der Waals surface area contributed by atoms with Gasteiger partial charge < -0.3 is 9.47 Å². The Labute approximate surface area is 195 Å². The number of carbonyl (C=O) groups is 4. The van der Waals surface area contributed by atoms with Crippen molar-refractivity contribution in [2.24, 2.45) is 5.92 Å². The second-order valence-electron chi connectivity index (χ2n) is 7.70. The average Bonchev–Trinajstić information content (AvgIpc) is 2.99. The topological polar surface area (TPSA) is 90.0 Å². The Morgan fingerprint density at radius 1 is 1.00 bits per heavy atom.